The van der Waals surface area contributed by atoms with Crippen molar-refractivity contribution in [3.8, 4) is 6.07 Å². The molecule has 2 fully saturated rings. The summed E-state index contributed by atoms with van der Waals surface area (Å²) in [6.07, 6.45) is 5.45. The van der Waals surface area contributed by atoms with Crippen molar-refractivity contribution in [2.75, 3.05) is 24.5 Å². The SMILES string of the molecule is N#Cc1ccc2c(c1)CCCN2[C@H]1CCN([C@H]2CC[C@@H]2O)C1.O=CO. The fourth-order valence-electron chi connectivity index (χ4n) is 4.29. The minimum absolute atomic E-state index is 0.106. The summed E-state index contributed by atoms with van der Waals surface area (Å²) < 4.78 is 0. The number of rotatable bonds is 2. The van der Waals surface area contributed by atoms with Gasteiger partial charge in [-0.05, 0) is 55.9 Å². The molecule has 1 aromatic carbocycles. The monoisotopic (exact) mass is 343 g/mol. The Morgan fingerprint density at radius 1 is 1.24 bits per heavy atom. The maximum atomic E-state index is 9.89. The smallest absolute Gasteiger partial charge is 0.290 e. The van der Waals surface area contributed by atoms with Gasteiger partial charge in [0.05, 0.1) is 17.7 Å². The number of benzene rings is 1. The molecule has 0 spiro atoms. The van der Waals surface area contributed by atoms with Crippen LogP contribution < -0.4 is 4.90 Å². The molecule has 6 nitrogen and oxygen atoms in total. The topological polar surface area (TPSA) is 87.8 Å². The number of carbonyl (C=O) groups is 1. The number of aliphatic hydroxyl groups is 1. The van der Waals surface area contributed by atoms with Crippen molar-refractivity contribution in [3.05, 3.63) is 29.3 Å². The highest BCUT2D eigenvalue weighted by Crippen LogP contribution is 2.34. The molecule has 0 bridgehead atoms. The Morgan fingerprint density at radius 3 is 2.68 bits per heavy atom. The third kappa shape index (κ3) is 3.63. The number of likely N-dealkylation sites (tertiary alicyclic amines) is 1. The van der Waals surface area contributed by atoms with E-state index >= 15 is 0 Å². The standard InChI is InChI=1S/C18H23N3O.CH2O2/c19-11-13-3-4-16-14(10-13)2-1-8-21(16)15-7-9-20(12-15)17-5-6-18(17)22;2-1-3/h3-4,10,15,17-18,22H,1-2,5-9,12H2;1H,(H,2,3)/t15-,17-,18-;/m0./s1. The maximum Gasteiger partial charge on any atom is 0.290 e. The molecule has 4 rings (SSSR count). The van der Waals surface area contributed by atoms with Crippen molar-refractivity contribution in [2.24, 2.45) is 0 Å². The van der Waals surface area contributed by atoms with Crippen LogP contribution in [-0.2, 0) is 11.2 Å². The summed E-state index contributed by atoms with van der Waals surface area (Å²) in [4.78, 5) is 13.4. The first-order valence-corrected chi connectivity index (χ1v) is 8.97. The van der Waals surface area contributed by atoms with Crippen molar-refractivity contribution in [1.29, 1.82) is 5.26 Å². The normalized spacial score (nSPS) is 28.2. The summed E-state index contributed by atoms with van der Waals surface area (Å²) in [6, 6.07) is 9.34. The summed E-state index contributed by atoms with van der Waals surface area (Å²) >= 11 is 0. The third-order valence-corrected chi connectivity index (χ3v) is 5.67. The van der Waals surface area contributed by atoms with E-state index in [-0.39, 0.29) is 12.6 Å². The summed E-state index contributed by atoms with van der Waals surface area (Å²) in [6.45, 7) is 3.04. The van der Waals surface area contributed by atoms with Gasteiger partial charge in [-0.3, -0.25) is 9.69 Å². The van der Waals surface area contributed by atoms with E-state index in [4.69, 9.17) is 15.2 Å². The van der Waals surface area contributed by atoms with Crippen LogP contribution in [0.3, 0.4) is 0 Å². The largest absolute Gasteiger partial charge is 0.483 e. The van der Waals surface area contributed by atoms with E-state index in [1.54, 1.807) is 0 Å². The lowest BCUT2D eigenvalue weighted by Gasteiger charge is -2.41. The van der Waals surface area contributed by atoms with Crippen LogP contribution in [0.1, 0.15) is 36.8 Å². The van der Waals surface area contributed by atoms with E-state index in [9.17, 15) is 5.11 Å². The van der Waals surface area contributed by atoms with Crippen molar-refractivity contribution in [3.63, 3.8) is 0 Å². The molecule has 134 valence electrons. The number of hydrogen-bond acceptors (Lipinski definition) is 5. The molecule has 1 aliphatic carbocycles. The molecule has 0 unspecified atom stereocenters. The molecular formula is C19H25N3O3. The number of carboxylic acid groups (broad SMARTS) is 1. The van der Waals surface area contributed by atoms with Crippen LogP contribution in [0.5, 0.6) is 0 Å². The number of fused-ring (bicyclic) bond motifs is 1. The highest BCUT2D eigenvalue weighted by Gasteiger charge is 2.39. The molecule has 1 aromatic rings. The Balaban J connectivity index is 0.000000569. The van der Waals surface area contributed by atoms with Crippen LogP contribution in [0.15, 0.2) is 18.2 Å². The average Bonchev–Trinajstić information content (AvgIpc) is 3.09. The van der Waals surface area contributed by atoms with Gasteiger partial charge >= 0.3 is 0 Å². The van der Waals surface area contributed by atoms with Gasteiger partial charge in [-0.1, -0.05) is 0 Å². The van der Waals surface area contributed by atoms with Crippen molar-refractivity contribution in [2.45, 2.75) is 50.3 Å². The number of anilines is 1. The predicted octanol–water partition coefficient (Wildman–Crippen LogP) is 1.61. The van der Waals surface area contributed by atoms with Gasteiger partial charge in [-0.15, -0.1) is 0 Å². The first-order chi connectivity index (χ1) is 12.2. The molecule has 1 saturated carbocycles. The van der Waals surface area contributed by atoms with Crippen LogP contribution >= 0.6 is 0 Å². The Bertz CT molecular complexity index is 658. The molecule has 2 heterocycles. The first-order valence-electron chi connectivity index (χ1n) is 8.97. The zero-order valence-corrected chi connectivity index (χ0v) is 14.3. The van der Waals surface area contributed by atoms with E-state index in [1.807, 2.05) is 6.07 Å². The van der Waals surface area contributed by atoms with Crippen LogP contribution in [0.2, 0.25) is 0 Å². The fourth-order valence-corrected chi connectivity index (χ4v) is 4.29. The van der Waals surface area contributed by atoms with Gasteiger partial charge in [-0.2, -0.15) is 5.26 Å². The number of aliphatic hydroxyl groups excluding tert-OH is 1. The van der Waals surface area contributed by atoms with Crippen molar-refractivity contribution in [1.82, 2.24) is 4.90 Å². The molecule has 2 aliphatic heterocycles. The maximum absolute atomic E-state index is 9.89. The molecule has 6 heteroatoms. The third-order valence-electron chi connectivity index (χ3n) is 5.67. The molecule has 3 atom stereocenters. The van der Waals surface area contributed by atoms with Gasteiger partial charge < -0.3 is 15.1 Å². The Hall–Kier alpha value is -2.10. The average molecular weight is 343 g/mol. The summed E-state index contributed by atoms with van der Waals surface area (Å²) in [5.41, 5.74) is 3.42. The van der Waals surface area contributed by atoms with Gasteiger partial charge in [0.25, 0.3) is 6.47 Å². The van der Waals surface area contributed by atoms with Crippen molar-refractivity contribution >= 4 is 12.2 Å². The Kier molecular flexibility index (Phi) is 5.57. The highest BCUT2D eigenvalue weighted by molar-refractivity contribution is 5.59. The summed E-state index contributed by atoms with van der Waals surface area (Å²) in [5, 5.41) is 25.9. The molecule has 0 radical (unpaired) electrons. The second-order valence-electron chi connectivity index (χ2n) is 7.01. The number of nitrogens with zero attached hydrogens (tertiary/aromatic N) is 3. The van der Waals surface area contributed by atoms with E-state index in [1.165, 1.54) is 24.1 Å². The van der Waals surface area contributed by atoms with Crippen LogP contribution in [0.4, 0.5) is 5.69 Å². The second-order valence-corrected chi connectivity index (χ2v) is 7.01. The lowest BCUT2D eigenvalue weighted by atomic mass is 9.88. The quantitative estimate of drug-likeness (QED) is 0.793. The lowest BCUT2D eigenvalue weighted by Crippen LogP contribution is -2.51. The Morgan fingerprint density at radius 2 is 2.04 bits per heavy atom. The van der Waals surface area contributed by atoms with Crippen LogP contribution in [-0.4, -0.2) is 59.4 Å². The molecular weight excluding hydrogens is 318 g/mol. The van der Waals surface area contributed by atoms with E-state index in [0.29, 0.717) is 12.1 Å². The zero-order valence-electron chi connectivity index (χ0n) is 14.3. The van der Waals surface area contributed by atoms with Crippen LogP contribution in [0, 0.1) is 11.3 Å². The minimum Gasteiger partial charge on any atom is -0.483 e. The van der Waals surface area contributed by atoms with Gasteiger partial charge in [0.1, 0.15) is 0 Å². The van der Waals surface area contributed by atoms with Gasteiger partial charge in [0.15, 0.2) is 0 Å². The highest BCUT2D eigenvalue weighted by atomic mass is 16.3. The van der Waals surface area contributed by atoms with Crippen molar-refractivity contribution < 1.29 is 15.0 Å². The number of nitriles is 1. The number of hydrogen-bond donors (Lipinski definition) is 2. The molecule has 3 aliphatic rings. The summed E-state index contributed by atoms with van der Waals surface area (Å²) in [7, 11) is 0. The van der Waals surface area contributed by atoms with Gasteiger partial charge in [0.2, 0.25) is 0 Å². The molecule has 2 N–H and O–H groups in total. The number of aryl methyl sites for hydroxylation is 1. The van der Waals surface area contributed by atoms with Gasteiger partial charge in [0, 0.05) is 37.4 Å². The second kappa shape index (κ2) is 7.85. The van der Waals surface area contributed by atoms with Gasteiger partial charge in [-0.25, -0.2) is 0 Å². The summed E-state index contributed by atoms with van der Waals surface area (Å²) in [5.74, 6) is 0. The fraction of sp³-hybridized carbons (Fsp3) is 0.579. The van der Waals surface area contributed by atoms with Crippen LogP contribution in [0.25, 0.3) is 0 Å². The molecule has 25 heavy (non-hydrogen) atoms. The van der Waals surface area contributed by atoms with E-state index in [0.717, 1.165) is 44.5 Å². The molecule has 1 saturated heterocycles. The molecule has 0 amide bonds. The zero-order chi connectivity index (χ0) is 17.8. The van der Waals surface area contributed by atoms with E-state index < -0.39 is 0 Å². The molecule has 0 aromatic heterocycles. The van der Waals surface area contributed by atoms with E-state index in [2.05, 4.69) is 28.0 Å². The Labute approximate surface area is 148 Å². The first kappa shape index (κ1) is 17.7. The lowest BCUT2D eigenvalue weighted by molar-refractivity contribution is -0.122. The minimum atomic E-state index is -0.250. The predicted molar refractivity (Wildman–Crippen MR) is 94.5 cm³/mol.